The molecule has 142 valence electrons. The number of H-pyrrole nitrogens is 1. The number of halogens is 1. The number of ether oxygens (including phenoxy) is 1. The van der Waals surface area contributed by atoms with Gasteiger partial charge >= 0.3 is 0 Å². The summed E-state index contributed by atoms with van der Waals surface area (Å²) in [6, 6.07) is 5.25. The van der Waals surface area contributed by atoms with Gasteiger partial charge < -0.3 is 20.4 Å². The fraction of sp³-hybridized carbons (Fsp3) is 0.444. The zero-order valence-corrected chi connectivity index (χ0v) is 16.2. The molecular weight excluding hydrogens is 354 g/mol. The molecule has 0 saturated heterocycles. The molecule has 0 radical (unpaired) electrons. The predicted octanol–water partition coefficient (Wildman–Crippen LogP) is 2.61. The van der Waals surface area contributed by atoms with Crippen LogP contribution in [-0.4, -0.2) is 55.0 Å². The molecular formula is C18H26ClN5O2. The average Bonchev–Trinajstić information content (AvgIpc) is 3.10. The van der Waals surface area contributed by atoms with Crippen molar-refractivity contribution in [3.63, 3.8) is 0 Å². The molecule has 0 spiro atoms. The fourth-order valence-corrected chi connectivity index (χ4v) is 2.86. The van der Waals surface area contributed by atoms with Crippen molar-refractivity contribution < 1.29 is 9.53 Å². The number of fused-ring (bicyclic) bond motifs is 1. The van der Waals surface area contributed by atoms with Gasteiger partial charge in [-0.15, -0.1) is 0 Å². The highest BCUT2D eigenvalue weighted by atomic mass is 35.5. The Labute approximate surface area is 158 Å². The number of amides is 1. The van der Waals surface area contributed by atoms with E-state index in [9.17, 15) is 4.79 Å². The molecule has 0 bridgehead atoms. The van der Waals surface area contributed by atoms with Gasteiger partial charge in [0.1, 0.15) is 11.4 Å². The zero-order chi connectivity index (χ0) is 19.1. The second-order valence-corrected chi connectivity index (χ2v) is 6.22. The molecule has 2 aromatic rings. The van der Waals surface area contributed by atoms with Gasteiger partial charge in [0.25, 0.3) is 5.91 Å². The van der Waals surface area contributed by atoms with E-state index in [4.69, 9.17) is 22.1 Å². The van der Waals surface area contributed by atoms with Crippen LogP contribution in [0.3, 0.4) is 0 Å². The first-order valence-corrected chi connectivity index (χ1v) is 9.07. The largest absolute Gasteiger partial charge is 0.491 e. The SMILES string of the molecule is CCN(CC)CCCOc1ccc(Cl)c2cc(C(=O)NC(N)=NC)[nH]c12. The number of hydrogen-bond donors (Lipinski definition) is 3. The molecule has 0 aliphatic carbocycles. The van der Waals surface area contributed by atoms with Gasteiger partial charge in [-0.2, -0.15) is 0 Å². The summed E-state index contributed by atoms with van der Waals surface area (Å²) in [5.74, 6) is 0.334. The molecule has 0 aliphatic heterocycles. The van der Waals surface area contributed by atoms with Crippen LogP contribution in [0.2, 0.25) is 5.02 Å². The maximum Gasteiger partial charge on any atom is 0.274 e. The summed E-state index contributed by atoms with van der Waals surface area (Å²) >= 11 is 6.26. The molecule has 1 aromatic heterocycles. The van der Waals surface area contributed by atoms with Gasteiger partial charge in [-0.05, 0) is 37.7 Å². The molecule has 26 heavy (non-hydrogen) atoms. The van der Waals surface area contributed by atoms with Crippen LogP contribution in [0, 0.1) is 0 Å². The minimum atomic E-state index is -0.382. The number of nitrogens with two attached hydrogens (primary N) is 1. The van der Waals surface area contributed by atoms with Gasteiger partial charge in [-0.3, -0.25) is 15.1 Å². The standard InChI is InChI=1S/C18H26ClN5O2/c1-4-24(5-2)9-6-10-26-15-8-7-13(19)12-11-14(22-16(12)15)17(25)23-18(20)21-3/h7-8,11,22H,4-6,9-10H2,1-3H3,(H3,20,21,23,25). The second-order valence-electron chi connectivity index (χ2n) is 5.81. The molecule has 0 unspecified atom stereocenters. The number of guanidine groups is 1. The monoisotopic (exact) mass is 379 g/mol. The Morgan fingerprint density at radius 2 is 2.12 bits per heavy atom. The molecule has 0 saturated carbocycles. The number of nitrogens with zero attached hydrogens (tertiary/aromatic N) is 2. The Morgan fingerprint density at radius 1 is 1.38 bits per heavy atom. The van der Waals surface area contributed by atoms with Crippen LogP contribution in [0.4, 0.5) is 0 Å². The summed E-state index contributed by atoms with van der Waals surface area (Å²) in [5.41, 5.74) is 6.58. The lowest BCUT2D eigenvalue weighted by Crippen LogP contribution is -2.36. The van der Waals surface area contributed by atoms with E-state index in [0.29, 0.717) is 28.6 Å². The van der Waals surface area contributed by atoms with E-state index >= 15 is 0 Å². The minimum Gasteiger partial charge on any atom is -0.491 e. The fourth-order valence-electron chi connectivity index (χ4n) is 2.65. The Morgan fingerprint density at radius 3 is 2.77 bits per heavy atom. The van der Waals surface area contributed by atoms with Gasteiger partial charge in [-0.1, -0.05) is 25.4 Å². The van der Waals surface area contributed by atoms with E-state index < -0.39 is 0 Å². The highest BCUT2D eigenvalue weighted by Gasteiger charge is 2.15. The van der Waals surface area contributed by atoms with Crippen LogP contribution in [-0.2, 0) is 0 Å². The van der Waals surface area contributed by atoms with Crippen molar-refractivity contribution in [1.29, 1.82) is 0 Å². The highest BCUT2D eigenvalue weighted by molar-refractivity contribution is 6.35. The third-order valence-corrected chi connectivity index (χ3v) is 4.53. The van der Waals surface area contributed by atoms with E-state index in [0.717, 1.165) is 31.4 Å². The van der Waals surface area contributed by atoms with Crippen molar-refractivity contribution in [3.8, 4) is 5.75 Å². The van der Waals surface area contributed by atoms with Crippen molar-refractivity contribution >= 4 is 34.4 Å². The first-order valence-electron chi connectivity index (χ1n) is 8.70. The van der Waals surface area contributed by atoms with Crippen LogP contribution in [0.25, 0.3) is 10.9 Å². The predicted molar refractivity (Wildman–Crippen MR) is 106 cm³/mol. The number of aliphatic imine (C=N–C) groups is 1. The number of nitrogens with one attached hydrogen (secondary N) is 2. The Hall–Kier alpha value is -2.25. The quantitative estimate of drug-likeness (QED) is 0.373. The molecule has 1 amide bonds. The van der Waals surface area contributed by atoms with E-state index in [1.165, 1.54) is 7.05 Å². The lowest BCUT2D eigenvalue weighted by molar-refractivity contribution is 0.0972. The van der Waals surface area contributed by atoms with E-state index in [2.05, 4.69) is 34.0 Å². The van der Waals surface area contributed by atoms with Crippen LogP contribution < -0.4 is 15.8 Å². The van der Waals surface area contributed by atoms with Gasteiger partial charge in [0.05, 0.1) is 17.1 Å². The molecule has 4 N–H and O–H groups in total. The van der Waals surface area contributed by atoms with Gasteiger partial charge in [-0.25, -0.2) is 0 Å². The average molecular weight is 380 g/mol. The number of carbonyl (C=O) groups is 1. The molecule has 0 fully saturated rings. The summed E-state index contributed by atoms with van der Waals surface area (Å²) in [5, 5.41) is 3.76. The summed E-state index contributed by atoms with van der Waals surface area (Å²) in [7, 11) is 1.50. The van der Waals surface area contributed by atoms with E-state index in [1.807, 2.05) is 6.07 Å². The van der Waals surface area contributed by atoms with Gasteiger partial charge in [0.15, 0.2) is 5.96 Å². The number of rotatable bonds is 8. The molecule has 0 atom stereocenters. The molecule has 7 nitrogen and oxygen atoms in total. The third-order valence-electron chi connectivity index (χ3n) is 4.20. The number of hydrogen-bond acceptors (Lipinski definition) is 4. The smallest absolute Gasteiger partial charge is 0.274 e. The van der Waals surface area contributed by atoms with Crippen LogP contribution in [0.5, 0.6) is 5.75 Å². The summed E-state index contributed by atoms with van der Waals surface area (Å²) in [6.07, 6.45) is 0.920. The summed E-state index contributed by atoms with van der Waals surface area (Å²) < 4.78 is 5.91. The van der Waals surface area contributed by atoms with Crippen molar-refractivity contribution in [2.45, 2.75) is 20.3 Å². The second kappa shape index (κ2) is 9.45. The Kier molecular flexibility index (Phi) is 7.29. The number of benzene rings is 1. The first kappa shape index (κ1) is 20.1. The van der Waals surface area contributed by atoms with E-state index in [1.54, 1.807) is 12.1 Å². The third kappa shape index (κ3) is 4.89. The zero-order valence-electron chi connectivity index (χ0n) is 15.4. The lowest BCUT2D eigenvalue weighted by atomic mass is 10.2. The summed E-state index contributed by atoms with van der Waals surface area (Å²) in [6.45, 7) is 7.92. The number of carbonyl (C=O) groups excluding carboxylic acids is 1. The Balaban J connectivity index is 2.13. The lowest BCUT2D eigenvalue weighted by Gasteiger charge is -2.17. The highest BCUT2D eigenvalue weighted by Crippen LogP contribution is 2.32. The van der Waals surface area contributed by atoms with Crippen molar-refractivity contribution in [3.05, 3.63) is 28.9 Å². The molecule has 1 aromatic carbocycles. The molecule has 8 heteroatoms. The van der Waals surface area contributed by atoms with Gasteiger partial charge in [0, 0.05) is 19.0 Å². The molecule has 2 rings (SSSR count). The first-order chi connectivity index (χ1) is 12.5. The van der Waals surface area contributed by atoms with Crippen molar-refractivity contribution in [1.82, 2.24) is 15.2 Å². The molecule has 1 heterocycles. The van der Waals surface area contributed by atoms with Crippen LogP contribution in [0.1, 0.15) is 30.8 Å². The molecule has 0 aliphatic rings. The number of aromatic nitrogens is 1. The maximum atomic E-state index is 12.2. The maximum absolute atomic E-state index is 12.2. The van der Waals surface area contributed by atoms with Crippen molar-refractivity contribution in [2.24, 2.45) is 10.7 Å². The van der Waals surface area contributed by atoms with Gasteiger partial charge in [0.2, 0.25) is 0 Å². The van der Waals surface area contributed by atoms with Crippen molar-refractivity contribution in [2.75, 3.05) is 33.3 Å². The summed E-state index contributed by atoms with van der Waals surface area (Å²) in [4.78, 5) is 21.3. The van der Waals surface area contributed by atoms with Crippen LogP contribution in [0.15, 0.2) is 23.2 Å². The number of aromatic amines is 1. The minimum absolute atomic E-state index is 0.0487. The Bertz CT molecular complexity index is 783. The van der Waals surface area contributed by atoms with Crippen LogP contribution >= 0.6 is 11.6 Å². The normalized spacial score (nSPS) is 12.0. The topological polar surface area (TPSA) is 95.7 Å². The van der Waals surface area contributed by atoms with E-state index in [-0.39, 0.29) is 11.9 Å².